The summed E-state index contributed by atoms with van der Waals surface area (Å²) in [7, 11) is 0. The molecule has 5 nitrogen and oxygen atoms in total. The van der Waals surface area contributed by atoms with Crippen molar-refractivity contribution in [3.63, 3.8) is 0 Å². The standard InChI is InChI=1S/C15H21N3O2.2ClH/c1-10(2)20-13-4-3-5-17-14(13)15(19)18-8-11-6-16-7-12(11)9-18;;/h3-5,10-12,16H,6-9H2,1-2H3;2*1H/t11-,12+;;. The van der Waals surface area contributed by atoms with Crippen molar-refractivity contribution in [3.8, 4) is 5.75 Å². The average Bonchev–Trinajstić information content (AvgIpc) is 2.98. The summed E-state index contributed by atoms with van der Waals surface area (Å²) in [5.74, 6) is 1.77. The van der Waals surface area contributed by atoms with Crippen LogP contribution in [0, 0.1) is 11.8 Å². The molecular weight excluding hydrogens is 325 g/mol. The minimum Gasteiger partial charge on any atom is -0.489 e. The highest BCUT2D eigenvalue weighted by molar-refractivity contribution is 5.95. The molecule has 0 aromatic carbocycles. The molecule has 0 saturated carbocycles. The molecule has 1 amide bonds. The van der Waals surface area contributed by atoms with Gasteiger partial charge in [0.1, 0.15) is 0 Å². The number of nitrogens with one attached hydrogen (secondary N) is 1. The maximum Gasteiger partial charge on any atom is 0.276 e. The van der Waals surface area contributed by atoms with E-state index in [2.05, 4.69) is 10.3 Å². The minimum atomic E-state index is -0.00403. The first-order valence-electron chi connectivity index (χ1n) is 7.27. The van der Waals surface area contributed by atoms with Gasteiger partial charge in [0.25, 0.3) is 5.91 Å². The van der Waals surface area contributed by atoms with Crippen LogP contribution >= 0.6 is 24.8 Å². The molecule has 2 aliphatic rings. The number of likely N-dealkylation sites (tertiary alicyclic amines) is 1. The van der Waals surface area contributed by atoms with Gasteiger partial charge in [-0.25, -0.2) is 4.98 Å². The van der Waals surface area contributed by atoms with Gasteiger partial charge in [-0.3, -0.25) is 4.79 Å². The van der Waals surface area contributed by atoms with Crippen LogP contribution in [-0.4, -0.2) is 48.1 Å². The Labute approximate surface area is 143 Å². The molecule has 2 aliphatic heterocycles. The highest BCUT2D eigenvalue weighted by Gasteiger charge is 2.39. The van der Waals surface area contributed by atoms with Gasteiger partial charge in [-0.15, -0.1) is 24.8 Å². The second kappa shape index (κ2) is 7.99. The van der Waals surface area contributed by atoms with E-state index in [9.17, 15) is 4.79 Å². The number of hydrogen-bond donors (Lipinski definition) is 1. The molecule has 22 heavy (non-hydrogen) atoms. The number of rotatable bonds is 3. The molecule has 1 N–H and O–H groups in total. The zero-order valence-electron chi connectivity index (χ0n) is 12.8. The molecule has 0 bridgehead atoms. The SMILES string of the molecule is CC(C)Oc1cccnc1C(=O)N1C[C@H]2CNC[C@H]2C1.Cl.Cl. The van der Waals surface area contributed by atoms with Crippen molar-refractivity contribution >= 4 is 30.7 Å². The van der Waals surface area contributed by atoms with E-state index in [-0.39, 0.29) is 36.8 Å². The van der Waals surface area contributed by atoms with Crippen molar-refractivity contribution in [1.29, 1.82) is 0 Å². The number of nitrogens with zero attached hydrogens (tertiary/aromatic N) is 2. The van der Waals surface area contributed by atoms with Crippen molar-refractivity contribution in [2.45, 2.75) is 20.0 Å². The Morgan fingerprint density at radius 2 is 1.95 bits per heavy atom. The Bertz CT molecular complexity index is 501. The predicted octanol–water partition coefficient (Wildman–Crippen LogP) is 2.00. The fourth-order valence-electron chi connectivity index (χ4n) is 3.07. The van der Waals surface area contributed by atoms with E-state index in [1.165, 1.54) is 0 Å². The second-order valence-electron chi connectivity index (χ2n) is 5.91. The monoisotopic (exact) mass is 347 g/mol. The van der Waals surface area contributed by atoms with E-state index in [4.69, 9.17) is 4.74 Å². The molecule has 1 aromatic heterocycles. The highest BCUT2D eigenvalue weighted by Crippen LogP contribution is 2.28. The second-order valence-corrected chi connectivity index (χ2v) is 5.91. The van der Waals surface area contributed by atoms with Crippen LogP contribution in [0.1, 0.15) is 24.3 Å². The summed E-state index contributed by atoms with van der Waals surface area (Å²) in [5.41, 5.74) is 0.439. The summed E-state index contributed by atoms with van der Waals surface area (Å²) in [6.45, 7) is 7.60. The van der Waals surface area contributed by atoms with E-state index in [1.54, 1.807) is 12.3 Å². The number of ether oxygens (including phenoxy) is 1. The maximum atomic E-state index is 12.6. The van der Waals surface area contributed by atoms with E-state index in [1.807, 2.05) is 24.8 Å². The first-order valence-corrected chi connectivity index (χ1v) is 7.27. The fraction of sp³-hybridized carbons (Fsp3) is 0.600. The Balaban J connectivity index is 0.00000121. The largest absolute Gasteiger partial charge is 0.489 e. The fourth-order valence-corrected chi connectivity index (χ4v) is 3.07. The van der Waals surface area contributed by atoms with Gasteiger partial charge >= 0.3 is 0 Å². The third-order valence-electron chi connectivity index (χ3n) is 4.01. The molecule has 2 saturated heterocycles. The minimum absolute atomic E-state index is 0. The van der Waals surface area contributed by atoms with Gasteiger partial charge < -0.3 is 15.0 Å². The van der Waals surface area contributed by atoms with E-state index >= 15 is 0 Å². The number of hydrogen-bond acceptors (Lipinski definition) is 4. The Kier molecular flexibility index (Phi) is 6.91. The van der Waals surface area contributed by atoms with E-state index in [0.717, 1.165) is 26.2 Å². The van der Waals surface area contributed by atoms with Crippen LogP contribution in [0.3, 0.4) is 0 Å². The maximum absolute atomic E-state index is 12.6. The lowest BCUT2D eigenvalue weighted by Gasteiger charge is -2.19. The Hall–Kier alpha value is -1.04. The molecule has 0 radical (unpaired) electrons. The number of aromatic nitrogens is 1. The van der Waals surface area contributed by atoms with Gasteiger partial charge in [0.15, 0.2) is 11.4 Å². The van der Waals surface area contributed by atoms with Crippen LogP contribution in [0.5, 0.6) is 5.75 Å². The summed E-state index contributed by atoms with van der Waals surface area (Å²) in [4.78, 5) is 18.8. The third-order valence-corrected chi connectivity index (χ3v) is 4.01. The van der Waals surface area contributed by atoms with E-state index in [0.29, 0.717) is 23.3 Å². The molecule has 0 aliphatic carbocycles. The van der Waals surface area contributed by atoms with Crippen molar-refractivity contribution < 1.29 is 9.53 Å². The molecule has 7 heteroatoms. The lowest BCUT2D eigenvalue weighted by molar-refractivity contribution is 0.0769. The van der Waals surface area contributed by atoms with Crippen molar-refractivity contribution in [2.75, 3.05) is 26.2 Å². The summed E-state index contributed by atoms with van der Waals surface area (Å²) in [5, 5.41) is 3.38. The molecule has 2 atom stereocenters. The van der Waals surface area contributed by atoms with Crippen LogP contribution in [0.25, 0.3) is 0 Å². The summed E-state index contributed by atoms with van der Waals surface area (Å²) in [6.07, 6.45) is 1.69. The van der Waals surface area contributed by atoms with Crippen LogP contribution < -0.4 is 10.1 Å². The molecule has 3 heterocycles. The lowest BCUT2D eigenvalue weighted by Crippen LogP contribution is -2.32. The van der Waals surface area contributed by atoms with Gasteiger partial charge in [0, 0.05) is 32.4 Å². The number of halogens is 2. The zero-order chi connectivity index (χ0) is 14.1. The predicted molar refractivity (Wildman–Crippen MR) is 90.3 cm³/mol. The quantitative estimate of drug-likeness (QED) is 0.908. The number of fused-ring (bicyclic) bond motifs is 1. The number of pyridine rings is 1. The molecule has 0 unspecified atom stereocenters. The molecular formula is C15H23Cl2N3O2. The van der Waals surface area contributed by atoms with Gasteiger partial charge in [0.2, 0.25) is 0 Å². The summed E-state index contributed by atoms with van der Waals surface area (Å²) < 4.78 is 5.70. The van der Waals surface area contributed by atoms with Gasteiger partial charge in [-0.1, -0.05) is 0 Å². The zero-order valence-corrected chi connectivity index (χ0v) is 14.5. The normalized spacial score (nSPS) is 22.8. The topological polar surface area (TPSA) is 54.5 Å². The van der Waals surface area contributed by atoms with Gasteiger partial charge in [0.05, 0.1) is 6.10 Å². The highest BCUT2D eigenvalue weighted by atomic mass is 35.5. The van der Waals surface area contributed by atoms with Gasteiger partial charge in [-0.2, -0.15) is 0 Å². The summed E-state index contributed by atoms with van der Waals surface area (Å²) in [6, 6.07) is 3.62. The average molecular weight is 348 g/mol. The molecule has 2 fully saturated rings. The molecule has 0 spiro atoms. The Morgan fingerprint density at radius 1 is 1.32 bits per heavy atom. The van der Waals surface area contributed by atoms with Crippen molar-refractivity contribution in [1.82, 2.24) is 15.2 Å². The Morgan fingerprint density at radius 3 is 2.55 bits per heavy atom. The van der Waals surface area contributed by atoms with Crippen LogP contribution in [0.15, 0.2) is 18.3 Å². The van der Waals surface area contributed by atoms with Crippen LogP contribution in [-0.2, 0) is 0 Å². The molecule has 124 valence electrons. The van der Waals surface area contributed by atoms with Gasteiger partial charge in [-0.05, 0) is 37.8 Å². The third kappa shape index (κ3) is 3.83. The van der Waals surface area contributed by atoms with Crippen molar-refractivity contribution in [3.05, 3.63) is 24.0 Å². The van der Waals surface area contributed by atoms with Crippen LogP contribution in [0.4, 0.5) is 0 Å². The summed E-state index contributed by atoms with van der Waals surface area (Å²) >= 11 is 0. The lowest BCUT2D eigenvalue weighted by atomic mass is 10.0. The molecule has 3 rings (SSSR count). The number of carbonyl (C=O) groups excluding carboxylic acids is 1. The van der Waals surface area contributed by atoms with Crippen LogP contribution in [0.2, 0.25) is 0 Å². The first-order chi connectivity index (χ1) is 9.65. The number of carbonyl (C=O) groups is 1. The smallest absolute Gasteiger partial charge is 0.276 e. The first kappa shape index (κ1) is 19.0. The van der Waals surface area contributed by atoms with E-state index < -0.39 is 0 Å². The number of amides is 1. The molecule has 1 aromatic rings. The van der Waals surface area contributed by atoms with Crippen molar-refractivity contribution in [2.24, 2.45) is 11.8 Å².